The number of fused-ring (bicyclic) bond motifs is 1. The SMILES string of the molecule is CCc1ccnc(N2CCC3CNCC32)n1. The van der Waals surface area contributed by atoms with Gasteiger partial charge in [0.15, 0.2) is 0 Å². The zero-order chi connectivity index (χ0) is 11.0. The van der Waals surface area contributed by atoms with Crippen LogP contribution in [0.25, 0.3) is 0 Å². The van der Waals surface area contributed by atoms with Crippen LogP contribution >= 0.6 is 0 Å². The van der Waals surface area contributed by atoms with Gasteiger partial charge >= 0.3 is 0 Å². The molecular weight excluding hydrogens is 200 g/mol. The van der Waals surface area contributed by atoms with Crippen LogP contribution in [0.4, 0.5) is 5.95 Å². The Morgan fingerprint density at radius 3 is 3.31 bits per heavy atom. The number of aryl methyl sites for hydroxylation is 1. The van der Waals surface area contributed by atoms with Gasteiger partial charge < -0.3 is 10.2 Å². The molecule has 0 spiro atoms. The van der Waals surface area contributed by atoms with Gasteiger partial charge in [0.05, 0.1) is 0 Å². The minimum Gasteiger partial charge on any atom is -0.336 e. The van der Waals surface area contributed by atoms with Crippen LogP contribution in [0.1, 0.15) is 19.0 Å². The van der Waals surface area contributed by atoms with Crippen LogP contribution in [0.15, 0.2) is 12.3 Å². The fourth-order valence-electron chi connectivity index (χ4n) is 2.82. The van der Waals surface area contributed by atoms with Gasteiger partial charge in [-0.05, 0) is 24.8 Å². The lowest BCUT2D eigenvalue weighted by atomic mass is 10.1. The summed E-state index contributed by atoms with van der Waals surface area (Å²) in [5.41, 5.74) is 1.14. The molecule has 0 aliphatic carbocycles. The summed E-state index contributed by atoms with van der Waals surface area (Å²) < 4.78 is 0. The van der Waals surface area contributed by atoms with Gasteiger partial charge in [-0.25, -0.2) is 9.97 Å². The van der Waals surface area contributed by atoms with Gasteiger partial charge in [0.1, 0.15) is 0 Å². The predicted molar refractivity (Wildman–Crippen MR) is 63.5 cm³/mol. The summed E-state index contributed by atoms with van der Waals surface area (Å²) in [6.45, 7) is 5.50. The highest BCUT2D eigenvalue weighted by Crippen LogP contribution is 2.29. The van der Waals surface area contributed by atoms with E-state index in [-0.39, 0.29) is 0 Å². The molecule has 2 saturated heterocycles. The van der Waals surface area contributed by atoms with Crippen molar-refractivity contribution in [3.63, 3.8) is 0 Å². The molecule has 1 N–H and O–H groups in total. The molecule has 0 saturated carbocycles. The van der Waals surface area contributed by atoms with Crippen molar-refractivity contribution in [1.82, 2.24) is 15.3 Å². The molecule has 0 radical (unpaired) electrons. The van der Waals surface area contributed by atoms with Gasteiger partial charge in [0, 0.05) is 37.6 Å². The monoisotopic (exact) mass is 218 g/mol. The normalized spacial score (nSPS) is 28.4. The van der Waals surface area contributed by atoms with E-state index in [0.29, 0.717) is 6.04 Å². The first-order chi connectivity index (χ1) is 7.88. The Morgan fingerprint density at radius 1 is 1.50 bits per heavy atom. The summed E-state index contributed by atoms with van der Waals surface area (Å²) in [5.74, 6) is 1.73. The fourth-order valence-corrected chi connectivity index (χ4v) is 2.82. The Hall–Kier alpha value is -1.16. The lowest BCUT2D eigenvalue weighted by molar-refractivity contribution is 0.575. The van der Waals surface area contributed by atoms with Crippen molar-refractivity contribution in [2.75, 3.05) is 24.5 Å². The number of nitrogens with one attached hydrogen (secondary N) is 1. The van der Waals surface area contributed by atoms with Crippen LogP contribution in [0.5, 0.6) is 0 Å². The summed E-state index contributed by atoms with van der Waals surface area (Å²) in [7, 11) is 0. The highest BCUT2D eigenvalue weighted by atomic mass is 15.3. The highest BCUT2D eigenvalue weighted by Gasteiger charge is 2.38. The first-order valence-electron chi connectivity index (χ1n) is 6.17. The first kappa shape index (κ1) is 10.0. The Labute approximate surface area is 96.1 Å². The standard InChI is InChI=1S/C12H18N4/c1-2-10-3-5-14-12(15-10)16-6-4-9-7-13-8-11(9)16/h3,5,9,11,13H,2,4,6-8H2,1H3. The van der Waals surface area contributed by atoms with E-state index < -0.39 is 0 Å². The molecule has 4 nitrogen and oxygen atoms in total. The minimum absolute atomic E-state index is 0.618. The van der Waals surface area contributed by atoms with E-state index in [4.69, 9.17) is 0 Å². The van der Waals surface area contributed by atoms with E-state index >= 15 is 0 Å². The van der Waals surface area contributed by atoms with E-state index in [0.717, 1.165) is 43.6 Å². The number of hydrogen-bond donors (Lipinski definition) is 1. The summed E-state index contributed by atoms with van der Waals surface area (Å²) in [5, 5.41) is 3.46. The van der Waals surface area contributed by atoms with Crippen LogP contribution in [-0.2, 0) is 6.42 Å². The zero-order valence-corrected chi connectivity index (χ0v) is 9.69. The van der Waals surface area contributed by atoms with Gasteiger partial charge in [0.25, 0.3) is 0 Å². The molecule has 4 heteroatoms. The van der Waals surface area contributed by atoms with Crippen molar-refractivity contribution in [2.45, 2.75) is 25.8 Å². The van der Waals surface area contributed by atoms with Crippen LogP contribution in [0.3, 0.4) is 0 Å². The minimum atomic E-state index is 0.618. The second-order valence-electron chi connectivity index (χ2n) is 4.67. The Balaban J connectivity index is 1.86. The number of anilines is 1. The van der Waals surface area contributed by atoms with Crippen molar-refractivity contribution in [1.29, 1.82) is 0 Å². The van der Waals surface area contributed by atoms with Crippen LogP contribution in [-0.4, -0.2) is 35.6 Å². The lowest BCUT2D eigenvalue weighted by Crippen LogP contribution is -2.35. The number of nitrogens with zero attached hydrogens (tertiary/aromatic N) is 3. The summed E-state index contributed by atoms with van der Waals surface area (Å²) in [4.78, 5) is 11.4. The van der Waals surface area contributed by atoms with Gasteiger partial charge in [-0.3, -0.25) is 0 Å². The van der Waals surface area contributed by atoms with Gasteiger partial charge in [-0.1, -0.05) is 6.92 Å². The van der Waals surface area contributed by atoms with Crippen molar-refractivity contribution in [3.05, 3.63) is 18.0 Å². The maximum atomic E-state index is 4.62. The highest BCUT2D eigenvalue weighted by molar-refractivity contribution is 5.35. The molecular formula is C12H18N4. The van der Waals surface area contributed by atoms with E-state index in [1.54, 1.807) is 0 Å². The Morgan fingerprint density at radius 2 is 2.44 bits per heavy atom. The van der Waals surface area contributed by atoms with Gasteiger partial charge in [-0.2, -0.15) is 0 Å². The molecule has 3 heterocycles. The topological polar surface area (TPSA) is 41.1 Å². The van der Waals surface area contributed by atoms with Crippen molar-refractivity contribution < 1.29 is 0 Å². The molecule has 2 fully saturated rings. The second-order valence-corrected chi connectivity index (χ2v) is 4.67. The largest absolute Gasteiger partial charge is 0.336 e. The number of aromatic nitrogens is 2. The van der Waals surface area contributed by atoms with Gasteiger partial charge in [-0.15, -0.1) is 0 Å². The number of rotatable bonds is 2. The third-order valence-corrected chi connectivity index (χ3v) is 3.76. The quantitative estimate of drug-likeness (QED) is 0.798. The molecule has 2 aliphatic heterocycles. The Bertz CT molecular complexity index is 379. The molecule has 2 aliphatic rings. The molecule has 1 aromatic rings. The molecule has 3 rings (SSSR count). The second kappa shape index (κ2) is 4.01. The lowest BCUT2D eigenvalue weighted by Gasteiger charge is -2.23. The molecule has 1 aromatic heterocycles. The molecule has 16 heavy (non-hydrogen) atoms. The maximum absolute atomic E-state index is 4.62. The smallest absolute Gasteiger partial charge is 0.225 e. The van der Waals surface area contributed by atoms with Crippen LogP contribution in [0, 0.1) is 5.92 Å². The first-order valence-corrected chi connectivity index (χ1v) is 6.17. The molecule has 0 aromatic carbocycles. The zero-order valence-electron chi connectivity index (χ0n) is 9.69. The molecule has 86 valence electrons. The third kappa shape index (κ3) is 1.57. The van der Waals surface area contributed by atoms with Crippen molar-refractivity contribution in [2.24, 2.45) is 5.92 Å². The predicted octanol–water partition coefficient (Wildman–Crippen LogP) is 0.837. The van der Waals surface area contributed by atoms with Crippen molar-refractivity contribution in [3.8, 4) is 0 Å². The third-order valence-electron chi connectivity index (χ3n) is 3.76. The maximum Gasteiger partial charge on any atom is 0.225 e. The molecule has 2 unspecified atom stereocenters. The summed E-state index contributed by atoms with van der Waals surface area (Å²) >= 11 is 0. The van der Waals surface area contributed by atoms with Crippen LogP contribution in [0.2, 0.25) is 0 Å². The van der Waals surface area contributed by atoms with E-state index in [1.807, 2.05) is 12.3 Å². The molecule has 0 amide bonds. The molecule has 0 bridgehead atoms. The van der Waals surface area contributed by atoms with E-state index in [1.165, 1.54) is 6.42 Å². The summed E-state index contributed by atoms with van der Waals surface area (Å²) in [6, 6.07) is 2.62. The molecule has 2 atom stereocenters. The summed E-state index contributed by atoms with van der Waals surface area (Å²) in [6.07, 6.45) is 4.14. The average molecular weight is 218 g/mol. The number of hydrogen-bond acceptors (Lipinski definition) is 4. The average Bonchev–Trinajstić information content (AvgIpc) is 2.90. The fraction of sp³-hybridized carbons (Fsp3) is 0.667. The van der Waals surface area contributed by atoms with E-state index in [2.05, 4.69) is 27.1 Å². The van der Waals surface area contributed by atoms with Crippen molar-refractivity contribution >= 4 is 5.95 Å². The Kier molecular flexibility index (Phi) is 2.52. The van der Waals surface area contributed by atoms with Gasteiger partial charge in [0.2, 0.25) is 5.95 Å². The van der Waals surface area contributed by atoms with E-state index in [9.17, 15) is 0 Å². The van der Waals surface area contributed by atoms with Crippen LogP contribution < -0.4 is 10.2 Å².